The number of hydrogen-bond acceptors (Lipinski definition) is 3. The summed E-state index contributed by atoms with van der Waals surface area (Å²) in [5.41, 5.74) is 1.13. The normalized spacial score (nSPS) is 13.6. The zero-order valence-electron chi connectivity index (χ0n) is 10.2. The van der Waals surface area contributed by atoms with E-state index < -0.39 is 16.1 Å². The molecule has 96 valence electrons. The van der Waals surface area contributed by atoms with Crippen molar-refractivity contribution < 1.29 is 13.5 Å². The van der Waals surface area contributed by atoms with Crippen LogP contribution in [0.1, 0.15) is 25.8 Å². The maximum Gasteiger partial charge on any atom is 0.240 e. The van der Waals surface area contributed by atoms with Gasteiger partial charge in [0.2, 0.25) is 10.0 Å². The van der Waals surface area contributed by atoms with E-state index in [0.29, 0.717) is 0 Å². The van der Waals surface area contributed by atoms with E-state index in [1.807, 2.05) is 12.1 Å². The Bertz CT molecular complexity index is 437. The van der Waals surface area contributed by atoms with E-state index in [0.717, 1.165) is 18.4 Å². The molecular weight excluding hydrogens is 238 g/mol. The molecule has 0 heterocycles. The summed E-state index contributed by atoms with van der Waals surface area (Å²) in [7, 11) is -3.50. The van der Waals surface area contributed by atoms with Crippen molar-refractivity contribution in [1.82, 2.24) is 4.72 Å². The zero-order chi connectivity index (χ0) is 12.9. The highest BCUT2D eigenvalue weighted by atomic mass is 32.2. The van der Waals surface area contributed by atoms with Gasteiger partial charge in [-0.25, -0.2) is 13.1 Å². The molecule has 1 aromatic rings. The number of nitrogens with one attached hydrogen (secondary N) is 1. The van der Waals surface area contributed by atoms with E-state index in [9.17, 15) is 8.42 Å². The average molecular weight is 257 g/mol. The fourth-order valence-electron chi connectivity index (χ4n) is 1.44. The predicted octanol–water partition coefficient (Wildman–Crippen LogP) is 1.30. The number of aryl methyl sites for hydroxylation is 1. The van der Waals surface area contributed by atoms with Crippen molar-refractivity contribution in [3.05, 3.63) is 29.8 Å². The summed E-state index contributed by atoms with van der Waals surface area (Å²) in [6, 6.07) is 6.83. The Morgan fingerprint density at radius 3 is 2.35 bits per heavy atom. The van der Waals surface area contributed by atoms with Crippen LogP contribution in [0.15, 0.2) is 29.2 Å². The molecule has 0 radical (unpaired) electrons. The predicted molar refractivity (Wildman–Crippen MR) is 67.3 cm³/mol. The Hall–Kier alpha value is -0.910. The van der Waals surface area contributed by atoms with Gasteiger partial charge in [-0.05, 0) is 31.0 Å². The van der Waals surface area contributed by atoms with E-state index in [1.54, 1.807) is 12.1 Å². The smallest absolute Gasteiger partial charge is 0.240 e. The molecule has 0 spiro atoms. The van der Waals surface area contributed by atoms with Crippen molar-refractivity contribution >= 4 is 10.0 Å². The van der Waals surface area contributed by atoms with Crippen LogP contribution in [0.3, 0.4) is 0 Å². The van der Waals surface area contributed by atoms with Gasteiger partial charge >= 0.3 is 0 Å². The second kappa shape index (κ2) is 6.14. The Morgan fingerprint density at radius 2 is 1.88 bits per heavy atom. The van der Waals surface area contributed by atoms with Gasteiger partial charge in [0, 0.05) is 6.54 Å². The highest BCUT2D eigenvalue weighted by Crippen LogP contribution is 2.11. The average Bonchev–Trinajstić information content (AvgIpc) is 2.28. The first-order chi connectivity index (χ1) is 7.95. The third-order valence-electron chi connectivity index (χ3n) is 2.34. The van der Waals surface area contributed by atoms with E-state index in [4.69, 9.17) is 5.11 Å². The highest BCUT2D eigenvalue weighted by molar-refractivity contribution is 7.89. The van der Waals surface area contributed by atoms with Crippen molar-refractivity contribution in [3.8, 4) is 0 Å². The van der Waals surface area contributed by atoms with E-state index in [1.165, 1.54) is 6.92 Å². The van der Waals surface area contributed by atoms with Crippen LogP contribution in [-0.4, -0.2) is 26.2 Å². The van der Waals surface area contributed by atoms with Crippen LogP contribution in [-0.2, 0) is 16.4 Å². The Kier molecular flexibility index (Phi) is 5.11. The van der Waals surface area contributed by atoms with Crippen molar-refractivity contribution in [2.75, 3.05) is 6.54 Å². The van der Waals surface area contributed by atoms with Crippen molar-refractivity contribution in [2.24, 2.45) is 0 Å². The van der Waals surface area contributed by atoms with Gasteiger partial charge < -0.3 is 5.11 Å². The molecule has 0 unspecified atom stereocenters. The van der Waals surface area contributed by atoms with Gasteiger partial charge in [-0.2, -0.15) is 0 Å². The molecule has 0 aliphatic carbocycles. The summed E-state index contributed by atoms with van der Waals surface area (Å²) in [5, 5.41) is 9.05. The summed E-state index contributed by atoms with van der Waals surface area (Å²) < 4.78 is 25.9. The van der Waals surface area contributed by atoms with Crippen LogP contribution in [0.4, 0.5) is 0 Å². The first-order valence-corrected chi connectivity index (χ1v) is 7.20. The second-order valence-corrected chi connectivity index (χ2v) is 5.86. The lowest BCUT2D eigenvalue weighted by atomic mass is 10.1. The quantitative estimate of drug-likeness (QED) is 0.807. The Balaban J connectivity index is 2.77. The van der Waals surface area contributed by atoms with Gasteiger partial charge in [0.25, 0.3) is 0 Å². The van der Waals surface area contributed by atoms with Gasteiger partial charge in [0.1, 0.15) is 0 Å². The topological polar surface area (TPSA) is 66.4 Å². The summed E-state index contributed by atoms with van der Waals surface area (Å²) in [6.45, 7) is 3.64. The maximum atomic E-state index is 11.8. The van der Waals surface area contributed by atoms with Gasteiger partial charge in [0.15, 0.2) is 0 Å². The molecule has 4 nitrogen and oxygen atoms in total. The summed E-state index contributed by atoms with van der Waals surface area (Å²) in [6.07, 6.45) is 1.29. The fourth-order valence-corrected chi connectivity index (χ4v) is 2.56. The van der Waals surface area contributed by atoms with Crippen LogP contribution >= 0.6 is 0 Å². The number of hydrogen-bond donors (Lipinski definition) is 2. The van der Waals surface area contributed by atoms with Crippen LogP contribution in [0.25, 0.3) is 0 Å². The van der Waals surface area contributed by atoms with Gasteiger partial charge in [-0.1, -0.05) is 25.5 Å². The van der Waals surface area contributed by atoms with Crippen LogP contribution in [0, 0.1) is 0 Å². The number of aliphatic hydroxyl groups is 1. The summed E-state index contributed by atoms with van der Waals surface area (Å²) in [5.74, 6) is 0. The molecule has 2 N–H and O–H groups in total. The van der Waals surface area contributed by atoms with Crippen molar-refractivity contribution in [3.63, 3.8) is 0 Å². The van der Waals surface area contributed by atoms with Crippen molar-refractivity contribution in [1.29, 1.82) is 0 Å². The van der Waals surface area contributed by atoms with Crippen LogP contribution in [0.2, 0.25) is 0 Å². The number of benzene rings is 1. The first kappa shape index (κ1) is 14.2. The lowest BCUT2D eigenvalue weighted by Crippen LogP contribution is -2.30. The molecule has 0 saturated carbocycles. The first-order valence-electron chi connectivity index (χ1n) is 5.72. The SMILES string of the molecule is CCCc1ccc(S(=O)(=O)NC[C@@H](C)O)cc1. The molecule has 0 saturated heterocycles. The molecule has 1 rings (SSSR count). The molecule has 1 atom stereocenters. The van der Waals surface area contributed by atoms with E-state index in [2.05, 4.69) is 11.6 Å². The highest BCUT2D eigenvalue weighted by Gasteiger charge is 2.13. The third-order valence-corrected chi connectivity index (χ3v) is 3.78. The Morgan fingerprint density at radius 1 is 1.29 bits per heavy atom. The molecule has 0 aliphatic rings. The summed E-state index contributed by atoms with van der Waals surface area (Å²) in [4.78, 5) is 0.234. The third kappa shape index (κ3) is 4.46. The van der Waals surface area contributed by atoms with Gasteiger partial charge in [-0.3, -0.25) is 0 Å². The minimum absolute atomic E-state index is 0.0268. The largest absolute Gasteiger partial charge is 0.392 e. The molecular formula is C12H19NO3S. The van der Waals surface area contributed by atoms with Crippen LogP contribution < -0.4 is 4.72 Å². The zero-order valence-corrected chi connectivity index (χ0v) is 11.0. The number of sulfonamides is 1. The number of rotatable bonds is 6. The van der Waals surface area contributed by atoms with Crippen molar-refractivity contribution in [2.45, 2.75) is 37.7 Å². The standard InChI is InChI=1S/C12H19NO3S/c1-3-4-11-5-7-12(8-6-11)17(15,16)13-9-10(2)14/h5-8,10,13-14H,3-4,9H2,1-2H3/t10-/m1/s1. The Labute approximate surface area is 103 Å². The second-order valence-electron chi connectivity index (χ2n) is 4.09. The lowest BCUT2D eigenvalue weighted by Gasteiger charge is -2.08. The summed E-state index contributed by atoms with van der Waals surface area (Å²) >= 11 is 0. The number of aliphatic hydroxyl groups excluding tert-OH is 1. The minimum Gasteiger partial charge on any atom is -0.392 e. The van der Waals surface area contributed by atoms with Gasteiger partial charge in [0.05, 0.1) is 11.0 Å². The molecule has 5 heteroatoms. The molecule has 17 heavy (non-hydrogen) atoms. The molecule has 0 fully saturated rings. The van der Waals surface area contributed by atoms with E-state index in [-0.39, 0.29) is 11.4 Å². The molecule has 0 amide bonds. The molecule has 0 aliphatic heterocycles. The van der Waals surface area contributed by atoms with Gasteiger partial charge in [-0.15, -0.1) is 0 Å². The molecule has 1 aromatic carbocycles. The lowest BCUT2D eigenvalue weighted by molar-refractivity contribution is 0.198. The van der Waals surface area contributed by atoms with Crippen LogP contribution in [0.5, 0.6) is 0 Å². The van der Waals surface area contributed by atoms with E-state index >= 15 is 0 Å². The fraction of sp³-hybridized carbons (Fsp3) is 0.500. The maximum absolute atomic E-state index is 11.8. The molecule has 0 bridgehead atoms. The minimum atomic E-state index is -3.50. The molecule has 0 aromatic heterocycles. The monoisotopic (exact) mass is 257 g/mol.